The zero-order valence-electron chi connectivity index (χ0n) is 27.6. The summed E-state index contributed by atoms with van der Waals surface area (Å²) in [6, 6.07) is 3.85. The Kier molecular flexibility index (Phi) is 8.66. The molecule has 6 rings (SSSR count). The monoisotopic (exact) mass is 633 g/mol. The first-order valence-corrected chi connectivity index (χ1v) is 16.4. The Labute approximate surface area is 269 Å². The van der Waals surface area contributed by atoms with E-state index in [0.29, 0.717) is 24.5 Å². The number of amidine groups is 1. The number of carbonyl (C=O) groups is 1. The number of piperidine rings is 1. The standard InChI is InChI=1S/C32H47N11O3/c1-20-11-14-42(22-10-9-21(27(33)39-34)37-25(20)22)29-26-28(43(40-29)24-8-6-7-17-45-24)38-23(18-35-26)41-15-12-32(5,13-16-41)19-36-30(44)46-31(2,3)4/h9-10,18,20,24H,6-8,11-17,19,34H2,1-5H3,(H2,33,39)(H,36,44)/t20-,24?/m1/s1. The van der Waals surface area contributed by atoms with E-state index in [1.807, 2.05) is 43.8 Å². The van der Waals surface area contributed by atoms with Gasteiger partial charge < -0.3 is 36.2 Å². The third-order valence-electron chi connectivity index (χ3n) is 9.26. The Hall–Kier alpha value is -4.20. The van der Waals surface area contributed by atoms with Gasteiger partial charge in [0.25, 0.3) is 0 Å². The summed E-state index contributed by atoms with van der Waals surface area (Å²) in [5.41, 5.74) is 9.32. The first kappa shape index (κ1) is 31.8. The van der Waals surface area contributed by atoms with Crippen molar-refractivity contribution in [3.05, 3.63) is 29.7 Å². The highest BCUT2D eigenvalue weighted by molar-refractivity contribution is 5.96. The number of hydrogen-bond donors (Lipinski definition) is 3. The molecule has 1 unspecified atom stereocenters. The zero-order chi connectivity index (χ0) is 32.6. The van der Waals surface area contributed by atoms with Crippen LogP contribution in [-0.4, -0.2) is 75.0 Å². The minimum Gasteiger partial charge on any atom is -0.444 e. The van der Waals surface area contributed by atoms with Gasteiger partial charge in [0.1, 0.15) is 17.1 Å². The molecule has 1 amide bonds. The molecule has 3 aromatic rings. The first-order valence-electron chi connectivity index (χ1n) is 16.4. The van der Waals surface area contributed by atoms with Crippen LogP contribution in [0.15, 0.2) is 23.4 Å². The molecule has 2 fully saturated rings. The lowest BCUT2D eigenvalue weighted by Crippen LogP contribution is -2.46. The number of aromatic nitrogens is 5. The lowest BCUT2D eigenvalue weighted by atomic mass is 9.80. The molecule has 46 heavy (non-hydrogen) atoms. The van der Waals surface area contributed by atoms with E-state index in [9.17, 15) is 4.79 Å². The van der Waals surface area contributed by atoms with Gasteiger partial charge in [-0.1, -0.05) is 13.8 Å². The van der Waals surface area contributed by atoms with E-state index in [2.05, 4.69) is 34.1 Å². The molecule has 248 valence electrons. The van der Waals surface area contributed by atoms with E-state index in [1.54, 1.807) is 0 Å². The smallest absolute Gasteiger partial charge is 0.407 e. The van der Waals surface area contributed by atoms with E-state index < -0.39 is 5.60 Å². The number of alkyl carbamates (subject to hydrolysis) is 1. The van der Waals surface area contributed by atoms with Crippen molar-refractivity contribution in [2.75, 3.05) is 42.6 Å². The van der Waals surface area contributed by atoms with Gasteiger partial charge in [0.2, 0.25) is 0 Å². The maximum absolute atomic E-state index is 12.3. The van der Waals surface area contributed by atoms with Gasteiger partial charge in [-0.15, -0.1) is 5.10 Å². The number of rotatable bonds is 6. The Morgan fingerprint density at radius 2 is 1.96 bits per heavy atom. The van der Waals surface area contributed by atoms with Crippen molar-refractivity contribution in [3.8, 4) is 0 Å². The van der Waals surface area contributed by atoms with E-state index in [-0.39, 0.29) is 29.5 Å². The second-order valence-electron chi connectivity index (χ2n) is 14.1. The highest BCUT2D eigenvalue weighted by Gasteiger charge is 2.34. The highest BCUT2D eigenvalue weighted by atomic mass is 16.6. The molecule has 0 bridgehead atoms. The predicted octanol–water partition coefficient (Wildman–Crippen LogP) is 4.28. The minimum atomic E-state index is -0.523. The SMILES string of the molecule is C[C@@H]1CCN(c2nn(C3CCCCO3)c3nc(N4CCC(C)(CNC(=O)OC(C)(C)C)CC4)cnc23)c2ccc(/C(N)=N/N)nc21. The van der Waals surface area contributed by atoms with Gasteiger partial charge in [-0.2, -0.15) is 5.10 Å². The molecule has 14 nitrogen and oxygen atoms in total. The minimum absolute atomic E-state index is 0.0385. The fourth-order valence-electron chi connectivity index (χ4n) is 6.46. The third-order valence-corrected chi connectivity index (χ3v) is 9.26. The number of hydrogen-bond acceptors (Lipinski definition) is 11. The molecule has 0 aliphatic carbocycles. The van der Waals surface area contributed by atoms with Crippen molar-refractivity contribution in [1.29, 1.82) is 0 Å². The summed E-state index contributed by atoms with van der Waals surface area (Å²) >= 11 is 0. The number of amides is 1. The Morgan fingerprint density at radius 3 is 2.65 bits per heavy atom. The molecular formula is C32H47N11O3. The van der Waals surface area contributed by atoms with Crippen LogP contribution in [0.5, 0.6) is 0 Å². The Bertz CT molecular complexity index is 1600. The largest absolute Gasteiger partial charge is 0.444 e. The van der Waals surface area contributed by atoms with Crippen LogP contribution in [0.3, 0.4) is 0 Å². The van der Waals surface area contributed by atoms with Crippen LogP contribution in [-0.2, 0) is 9.47 Å². The lowest BCUT2D eigenvalue weighted by Gasteiger charge is -2.40. The second-order valence-corrected chi connectivity index (χ2v) is 14.1. The van der Waals surface area contributed by atoms with Gasteiger partial charge in [-0.3, -0.25) is 0 Å². The van der Waals surface area contributed by atoms with Gasteiger partial charge >= 0.3 is 6.09 Å². The average Bonchev–Trinajstić information content (AvgIpc) is 3.42. The average molecular weight is 634 g/mol. The van der Waals surface area contributed by atoms with Crippen molar-refractivity contribution in [2.45, 2.75) is 90.9 Å². The van der Waals surface area contributed by atoms with Gasteiger partial charge in [-0.05, 0) is 76.8 Å². The van der Waals surface area contributed by atoms with E-state index in [4.69, 9.17) is 41.1 Å². The molecule has 0 saturated carbocycles. The number of pyridine rings is 1. The molecule has 6 heterocycles. The van der Waals surface area contributed by atoms with E-state index >= 15 is 0 Å². The third kappa shape index (κ3) is 6.53. The van der Waals surface area contributed by atoms with Crippen LogP contribution < -0.4 is 26.7 Å². The number of carbonyl (C=O) groups excluding carboxylic acids is 1. The second kappa shape index (κ2) is 12.5. The van der Waals surface area contributed by atoms with Gasteiger partial charge in [0.15, 0.2) is 29.0 Å². The normalized spacial score (nSPS) is 22.1. The molecule has 3 aliphatic heterocycles. The van der Waals surface area contributed by atoms with Crippen LogP contribution in [0.25, 0.3) is 11.2 Å². The van der Waals surface area contributed by atoms with E-state index in [0.717, 1.165) is 86.7 Å². The highest BCUT2D eigenvalue weighted by Crippen LogP contribution is 2.41. The fraction of sp³-hybridized carbons (Fsp3) is 0.625. The Morgan fingerprint density at radius 1 is 1.17 bits per heavy atom. The predicted molar refractivity (Wildman–Crippen MR) is 177 cm³/mol. The van der Waals surface area contributed by atoms with Gasteiger partial charge in [0, 0.05) is 38.7 Å². The van der Waals surface area contributed by atoms with Crippen molar-refractivity contribution in [3.63, 3.8) is 0 Å². The molecule has 0 spiro atoms. The first-order chi connectivity index (χ1) is 21.9. The maximum Gasteiger partial charge on any atom is 0.407 e. The summed E-state index contributed by atoms with van der Waals surface area (Å²) in [7, 11) is 0. The van der Waals surface area contributed by atoms with Crippen molar-refractivity contribution >= 4 is 40.4 Å². The molecule has 2 atom stereocenters. The lowest BCUT2D eigenvalue weighted by molar-refractivity contribution is -0.0368. The number of fused-ring (bicyclic) bond motifs is 2. The van der Waals surface area contributed by atoms with Crippen LogP contribution in [0.4, 0.5) is 22.1 Å². The summed E-state index contributed by atoms with van der Waals surface area (Å²) in [6.45, 7) is 13.6. The molecule has 0 radical (unpaired) electrons. The van der Waals surface area contributed by atoms with Crippen molar-refractivity contribution in [2.24, 2.45) is 22.1 Å². The molecule has 5 N–H and O–H groups in total. The zero-order valence-corrected chi connectivity index (χ0v) is 27.6. The van der Waals surface area contributed by atoms with Crippen LogP contribution >= 0.6 is 0 Å². The molecule has 3 aliphatic rings. The number of ether oxygens (including phenoxy) is 2. The Balaban J connectivity index is 1.28. The molecule has 2 saturated heterocycles. The van der Waals surface area contributed by atoms with Crippen LogP contribution in [0.2, 0.25) is 0 Å². The summed E-state index contributed by atoms with van der Waals surface area (Å²) in [4.78, 5) is 31.7. The number of hydrazone groups is 1. The summed E-state index contributed by atoms with van der Waals surface area (Å²) in [5, 5.41) is 11.7. The molecule has 0 aromatic carbocycles. The molecule has 14 heteroatoms. The van der Waals surface area contributed by atoms with Gasteiger partial charge in [-0.25, -0.2) is 24.4 Å². The summed E-state index contributed by atoms with van der Waals surface area (Å²) in [6.07, 6.45) is 6.93. The summed E-state index contributed by atoms with van der Waals surface area (Å²) in [5.74, 6) is 7.43. The van der Waals surface area contributed by atoms with Crippen LogP contribution in [0, 0.1) is 5.41 Å². The van der Waals surface area contributed by atoms with Crippen LogP contribution in [0.1, 0.15) is 96.7 Å². The maximum atomic E-state index is 12.3. The number of nitrogens with zero attached hydrogens (tertiary/aromatic N) is 8. The number of nitrogens with one attached hydrogen (secondary N) is 1. The van der Waals surface area contributed by atoms with Crippen molar-refractivity contribution in [1.82, 2.24) is 30.0 Å². The topological polar surface area (TPSA) is 175 Å². The molecule has 3 aromatic heterocycles. The fourth-order valence-corrected chi connectivity index (χ4v) is 6.46. The van der Waals surface area contributed by atoms with E-state index in [1.165, 1.54) is 0 Å². The quantitative estimate of drug-likeness (QED) is 0.153. The van der Waals surface area contributed by atoms with Gasteiger partial charge in [0.05, 0.1) is 17.6 Å². The van der Waals surface area contributed by atoms with Crippen molar-refractivity contribution < 1.29 is 14.3 Å². The summed E-state index contributed by atoms with van der Waals surface area (Å²) < 4.78 is 13.6. The number of anilines is 3. The number of nitrogens with two attached hydrogens (primary N) is 2. The molecular weight excluding hydrogens is 586 g/mol.